The van der Waals surface area contributed by atoms with Crippen molar-refractivity contribution in [3.8, 4) is 0 Å². The molecule has 3 atom stereocenters. The van der Waals surface area contributed by atoms with Gasteiger partial charge in [-0.25, -0.2) is 0 Å². The molecule has 114 valence electrons. The number of carboxylic acid groups (broad SMARTS) is 1. The number of amides is 1. The van der Waals surface area contributed by atoms with Crippen molar-refractivity contribution < 1.29 is 27.9 Å². The van der Waals surface area contributed by atoms with Gasteiger partial charge in [-0.2, -0.15) is 13.2 Å². The minimum absolute atomic E-state index is 0.0528. The summed E-state index contributed by atoms with van der Waals surface area (Å²) in [4.78, 5) is 24.3. The van der Waals surface area contributed by atoms with Crippen LogP contribution in [-0.2, 0) is 9.59 Å². The number of carbonyl (C=O) groups excluding carboxylic acids is 1. The van der Waals surface area contributed by atoms with E-state index < -0.39 is 36.4 Å². The maximum Gasteiger partial charge on any atom is 0.406 e. The fourth-order valence-corrected chi connectivity index (χ4v) is 3.02. The maximum absolute atomic E-state index is 12.6. The van der Waals surface area contributed by atoms with Crippen LogP contribution in [0.4, 0.5) is 13.2 Å². The Hall–Kier alpha value is -1.27. The van der Waals surface area contributed by atoms with Crippen LogP contribution in [0.1, 0.15) is 32.6 Å². The summed E-state index contributed by atoms with van der Waals surface area (Å²) in [5.74, 6) is -3.34. The highest BCUT2D eigenvalue weighted by atomic mass is 19.4. The number of nitrogens with zero attached hydrogens (tertiary/aromatic N) is 1. The van der Waals surface area contributed by atoms with Gasteiger partial charge in [0, 0.05) is 6.04 Å². The Morgan fingerprint density at radius 2 is 1.75 bits per heavy atom. The summed E-state index contributed by atoms with van der Waals surface area (Å²) < 4.78 is 37.7. The van der Waals surface area contributed by atoms with Crippen LogP contribution >= 0.6 is 0 Å². The Morgan fingerprint density at radius 1 is 1.20 bits per heavy atom. The molecule has 0 heterocycles. The van der Waals surface area contributed by atoms with E-state index in [4.69, 9.17) is 5.11 Å². The Morgan fingerprint density at radius 3 is 2.20 bits per heavy atom. The first-order valence-electron chi connectivity index (χ1n) is 6.79. The molecule has 3 unspecified atom stereocenters. The fraction of sp³-hybridized carbons (Fsp3) is 0.846. The van der Waals surface area contributed by atoms with E-state index in [9.17, 15) is 22.8 Å². The zero-order valence-corrected chi connectivity index (χ0v) is 11.2. The van der Waals surface area contributed by atoms with Gasteiger partial charge in [0.25, 0.3) is 0 Å². The third-order valence-corrected chi connectivity index (χ3v) is 4.05. The predicted molar refractivity (Wildman–Crippen MR) is 63.8 cm³/mol. The molecule has 0 radical (unpaired) electrons. The number of carboxylic acids is 1. The molecule has 20 heavy (non-hydrogen) atoms. The van der Waals surface area contributed by atoms with Crippen LogP contribution in [0.15, 0.2) is 0 Å². The van der Waals surface area contributed by atoms with Gasteiger partial charge >= 0.3 is 12.1 Å². The molecule has 0 aromatic rings. The molecule has 1 N–H and O–H groups in total. The van der Waals surface area contributed by atoms with Gasteiger partial charge in [-0.05, 0) is 31.6 Å². The molecule has 0 aromatic carbocycles. The minimum atomic E-state index is -4.44. The molecule has 0 bridgehead atoms. The first-order chi connectivity index (χ1) is 9.19. The topological polar surface area (TPSA) is 57.6 Å². The minimum Gasteiger partial charge on any atom is -0.481 e. The van der Waals surface area contributed by atoms with E-state index in [1.807, 2.05) is 6.92 Å². The van der Waals surface area contributed by atoms with Crippen molar-refractivity contribution in [3.05, 3.63) is 0 Å². The molecule has 2 aliphatic rings. The standard InChI is InChI=1S/C13H18F3NO3/c1-7-4-9(10(5-7)12(19)20)11(18)17(8-2-3-8)6-13(14,15)16/h7-10H,2-6H2,1H3,(H,19,20). The highest BCUT2D eigenvalue weighted by Crippen LogP contribution is 2.40. The number of hydrogen-bond donors (Lipinski definition) is 1. The van der Waals surface area contributed by atoms with Crippen molar-refractivity contribution in [2.75, 3.05) is 6.54 Å². The monoisotopic (exact) mass is 293 g/mol. The molecule has 2 fully saturated rings. The van der Waals surface area contributed by atoms with Crippen molar-refractivity contribution >= 4 is 11.9 Å². The van der Waals surface area contributed by atoms with E-state index in [-0.39, 0.29) is 12.0 Å². The third-order valence-electron chi connectivity index (χ3n) is 4.05. The second-order valence-electron chi connectivity index (χ2n) is 5.94. The number of aliphatic carboxylic acids is 1. The average molecular weight is 293 g/mol. The molecule has 0 saturated heterocycles. The molecule has 4 nitrogen and oxygen atoms in total. The van der Waals surface area contributed by atoms with Gasteiger partial charge in [-0.15, -0.1) is 0 Å². The summed E-state index contributed by atoms with van der Waals surface area (Å²) >= 11 is 0. The van der Waals surface area contributed by atoms with Crippen molar-refractivity contribution in [2.45, 2.75) is 44.8 Å². The van der Waals surface area contributed by atoms with Crippen molar-refractivity contribution in [3.63, 3.8) is 0 Å². The molecular formula is C13H18F3NO3. The number of hydrogen-bond acceptors (Lipinski definition) is 2. The van der Waals surface area contributed by atoms with Crippen LogP contribution in [0, 0.1) is 17.8 Å². The fourth-order valence-electron chi connectivity index (χ4n) is 3.02. The summed E-state index contributed by atoms with van der Waals surface area (Å²) in [6, 6.07) is -0.366. The zero-order chi connectivity index (χ0) is 15.1. The molecule has 7 heteroatoms. The van der Waals surface area contributed by atoms with E-state index in [0.717, 1.165) is 4.90 Å². The van der Waals surface area contributed by atoms with Crippen molar-refractivity contribution in [2.24, 2.45) is 17.8 Å². The van der Waals surface area contributed by atoms with Gasteiger partial charge in [0.05, 0.1) is 11.8 Å². The number of alkyl halides is 3. The summed E-state index contributed by atoms with van der Waals surface area (Å²) in [6.07, 6.45) is -2.59. The van der Waals surface area contributed by atoms with E-state index in [2.05, 4.69) is 0 Å². The Balaban J connectivity index is 2.12. The highest BCUT2D eigenvalue weighted by molar-refractivity contribution is 5.85. The molecule has 2 aliphatic carbocycles. The molecule has 0 aliphatic heterocycles. The van der Waals surface area contributed by atoms with Crippen LogP contribution < -0.4 is 0 Å². The SMILES string of the molecule is CC1CC(C(=O)O)C(C(=O)N(CC(F)(F)F)C2CC2)C1. The van der Waals surface area contributed by atoms with Crippen LogP contribution in [0.3, 0.4) is 0 Å². The Bertz CT molecular complexity index is 406. The second-order valence-corrected chi connectivity index (χ2v) is 5.94. The number of halogens is 3. The lowest BCUT2D eigenvalue weighted by Gasteiger charge is -2.28. The third kappa shape index (κ3) is 3.43. The molecule has 1 amide bonds. The number of carbonyl (C=O) groups is 2. The Labute approximate surface area is 114 Å². The quantitative estimate of drug-likeness (QED) is 0.865. The van der Waals surface area contributed by atoms with Gasteiger partial charge in [0.2, 0.25) is 5.91 Å². The van der Waals surface area contributed by atoms with E-state index in [1.165, 1.54) is 0 Å². The first-order valence-corrected chi connectivity index (χ1v) is 6.79. The largest absolute Gasteiger partial charge is 0.481 e. The summed E-state index contributed by atoms with van der Waals surface area (Å²) in [6.45, 7) is 0.558. The van der Waals surface area contributed by atoms with Gasteiger partial charge in [-0.1, -0.05) is 6.92 Å². The summed E-state index contributed by atoms with van der Waals surface area (Å²) in [5, 5.41) is 9.13. The number of rotatable bonds is 4. The van der Waals surface area contributed by atoms with Crippen molar-refractivity contribution in [1.82, 2.24) is 4.90 Å². The first kappa shape index (κ1) is 15.1. The summed E-state index contributed by atoms with van der Waals surface area (Å²) in [7, 11) is 0. The lowest BCUT2D eigenvalue weighted by Crippen LogP contribution is -2.45. The zero-order valence-electron chi connectivity index (χ0n) is 11.2. The van der Waals surface area contributed by atoms with Gasteiger partial charge in [0.1, 0.15) is 6.54 Å². The van der Waals surface area contributed by atoms with Crippen LogP contribution in [0.2, 0.25) is 0 Å². The van der Waals surface area contributed by atoms with Gasteiger partial charge < -0.3 is 10.0 Å². The lowest BCUT2D eigenvalue weighted by atomic mass is 9.94. The maximum atomic E-state index is 12.6. The van der Waals surface area contributed by atoms with Crippen LogP contribution in [0.5, 0.6) is 0 Å². The molecule has 2 saturated carbocycles. The van der Waals surface area contributed by atoms with Gasteiger partial charge in [0.15, 0.2) is 0 Å². The van der Waals surface area contributed by atoms with Gasteiger partial charge in [-0.3, -0.25) is 9.59 Å². The average Bonchev–Trinajstić information content (AvgIpc) is 3.06. The lowest BCUT2D eigenvalue weighted by molar-refractivity contribution is -0.167. The van der Waals surface area contributed by atoms with E-state index in [0.29, 0.717) is 25.7 Å². The predicted octanol–water partition coefficient (Wildman–Crippen LogP) is 2.29. The van der Waals surface area contributed by atoms with Crippen LogP contribution in [-0.4, -0.2) is 40.6 Å². The molecule has 2 rings (SSSR count). The highest BCUT2D eigenvalue weighted by Gasteiger charge is 2.48. The normalized spacial score (nSPS) is 30.3. The molecule has 0 spiro atoms. The Kier molecular flexibility index (Phi) is 3.97. The second kappa shape index (κ2) is 5.26. The summed E-state index contributed by atoms with van der Waals surface area (Å²) in [5.41, 5.74) is 0. The van der Waals surface area contributed by atoms with E-state index >= 15 is 0 Å². The van der Waals surface area contributed by atoms with Crippen molar-refractivity contribution in [1.29, 1.82) is 0 Å². The smallest absolute Gasteiger partial charge is 0.406 e. The molecular weight excluding hydrogens is 275 g/mol. The van der Waals surface area contributed by atoms with Crippen LogP contribution in [0.25, 0.3) is 0 Å². The van der Waals surface area contributed by atoms with E-state index in [1.54, 1.807) is 0 Å². The molecule has 0 aromatic heterocycles.